The molecule has 1 aliphatic rings. The summed E-state index contributed by atoms with van der Waals surface area (Å²) in [5.41, 5.74) is 0.791. The number of carbonyl (C=O) groups is 1. The van der Waals surface area contributed by atoms with Gasteiger partial charge in [0.1, 0.15) is 0 Å². The molecule has 0 saturated heterocycles. The number of nitro groups is 1. The second-order valence-corrected chi connectivity index (χ2v) is 3.54. The van der Waals surface area contributed by atoms with E-state index in [1.807, 2.05) is 0 Å². The molecule has 84 valence electrons. The number of benzene rings is 1. The number of nitro benzene ring substituents is 1. The van der Waals surface area contributed by atoms with Gasteiger partial charge in [-0.2, -0.15) is 0 Å². The van der Waals surface area contributed by atoms with E-state index in [4.69, 9.17) is 0 Å². The van der Waals surface area contributed by atoms with Gasteiger partial charge < -0.3 is 10.0 Å². The minimum absolute atomic E-state index is 0.0996. The van der Waals surface area contributed by atoms with Crippen molar-refractivity contribution < 1.29 is 14.8 Å². The normalized spacial score (nSPS) is 14.1. The van der Waals surface area contributed by atoms with Crippen LogP contribution in [-0.2, 0) is 11.2 Å². The lowest BCUT2D eigenvalue weighted by Gasteiger charge is -2.14. The maximum atomic E-state index is 11.5. The Morgan fingerprint density at radius 2 is 2.25 bits per heavy atom. The fourth-order valence-electron chi connectivity index (χ4n) is 1.89. The maximum Gasteiger partial charge on any atom is 0.312 e. The molecule has 1 aliphatic heterocycles. The van der Waals surface area contributed by atoms with Gasteiger partial charge in [-0.15, -0.1) is 0 Å². The molecule has 16 heavy (non-hydrogen) atoms. The SMILES string of the molecule is CCN1C(=O)Cc2cc(O)c([N+](=O)[O-])cc21. The largest absolute Gasteiger partial charge is 0.502 e. The summed E-state index contributed by atoms with van der Waals surface area (Å²) in [6.07, 6.45) is 0.189. The molecule has 6 heteroatoms. The molecule has 0 unspecified atom stereocenters. The van der Waals surface area contributed by atoms with E-state index >= 15 is 0 Å². The van der Waals surface area contributed by atoms with Gasteiger partial charge in [0, 0.05) is 12.6 Å². The average Bonchev–Trinajstić information content (AvgIpc) is 2.50. The van der Waals surface area contributed by atoms with Crippen LogP contribution >= 0.6 is 0 Å². The highest BCUT2D eigenvalue weighted by Crippen LogP contribution is 2.37. The van der Waals surface area contributed by atoms with E-state index in [9.17, 15) is 20.0 Å². The monoisotopic (exact) mass is 222 g/mol. The van der Waals surface area contributed by atoms with Crippen molar-refractivity contribution in [1.29, 1.82) is 0 Å². The maximum absolute atomic E-state index is 11.5. The van der Waals surface area contributed by atoms with E-state index in [1.165, 1.54) is 17.0 Å². The van der Waals surface area contributed by atoms with E-state index in [2.05, 4.69) is 0 Å². The molecular formula is C10H10N2O4. The Bertz CT molecular complexity index is 484. The fraction of sp³-hybridized carbons (Fsp3) is 0.300. The minimum Gasteiger partial charge on any atom is -0.502 e. The molecule has 0 atom stereocenters. The number of fused-ring (bicyclic) bond motifs is 1. The fourth-order valence-corrected chi connectivity index (χ4v) is 1.89. The molecule has 1 heterocycles. The van der Waals surface area contributed by atoms with Crippen molar-refractivity contribution in [3.8, 4) is 5.75 Å². The van der Waals surface area contributed by atoms with E-state index < -0.39 is 10.7 Å². The standard InChI is InChI=1S/C10H10N2O4/c1-2-11-7-5-8(12(15)16)9(13)3-6(7)4-10(11)14/h3,5,13H,2,4H2,1H3. The first-order valence-electron chi connectivity index (χ1n) is 4.85. The van der Waals surface area contributed by atoms with Crippen molar-refractivity contribution in [2.24, 2.45) is 0 Å². The van der Waals surface area contributed by atoms with E-state index in [1.54, 1.807) is 6.92 Å². The first-order chi connectivity index (χ1) is 7.54. The molecule has 0 aliphatic carbocycles. The third-order valence-electron chi connectivity index (χ3n) is 2.62. The molecule has 1 aromatic rings. The van der Waals surface area contributed by atoms with Crippen LogP contribution in [0.2, 0.25) is 0 Å². The van der Waals surface area contributed by atoms with Crippen molar-refractivity contribution in [3.05, 3.63) is 27.8 Å². The zero-order chi connectivity index (χ0) is 11.9. The zero-order valence-electron chi connectivity index (χ0n) is 8.64. The molecule has 0 spiro atoms. The van der Waals surface area contributed by atoms with Gasteiger partial charge in [0.05, 0.1) is 17.0 Å². The van der Waals surface area contributed by atoms with Crippen LogP contribution in [0.1, 0.15) is 12.5 Å². The van der Waals surface area contributed by atoms with E-state index in [-0.39, 0.29) is 18.0 Å². The van der Waals surface area contributed by atoms with E-state index in [0.29, 0.717) is 17.8 Å². The highest BCUT2D eigenvalue weighted by Gasteiger charge is 2.29. The smallest absolute Gasteiger partial charge is 0.312 e. The number of anilines is 1. The Balaban J connectivity index is 2.57. The summed E-state index contributed by atoms with van der Waals surface area (Å²) in [6, 6.07) is 2.54. The molecule has 0 fully saturated rings. The summed E-state index contributed by atoms with van der Waals surface area (Å²) in [5.74, 6) is -0.494. The molecular weight excluding hydrogens is 212 g/mol. The quantitative estimate of drug-likeness (QED) is 0.602. The highest BCUT2D eigenvalue weighted by atomic mass is 16.6. The average molecular weight is 222 g/mol. The number of hydrogen-bond acceptors (Lipinski definition) is 4. The molecule has 6 nitrogen and oxygen atoms in total. The van der Waals surface area contributed by atoms with Crippen molar-refractivity contribution in [3.63, 3.8) is 0 Å². The second-order valence-electron chi connectivity index (χ2n) is 3.54. The first kappa shape index (κ1) is 10.4. The van der Waals surface area contributed by atoms with Crippen molar-refractivity contribution >= 4 is 17.3 Å². The molecule has 0 aromatic heterocycles. The van der Waals surface area contributed by atoms with Crippen LogP contribution < -0.4 is 4.90 Å². The number of likely N-dealkylation sites (N-methyl/N-ethyl adjacent to an activating group) is 1. The van der Waals surface area contributed by atoms with Crippen molar-refractivity contribution in [1.82, 2.24) is 0 Å². The Morgan fingerprint density at radius 3 is 2.81 bits per heavy atom. The molecule has 0 bridgehead atoms. The van der Waals surface area contributed by atoms with Gasteiger partial charge in [0.15, 0.2) is 5.75 Å². The van der Waals surface area contributed by atoms with Gasteiger partial charge in [-0.3, -0.25) is 14.9 Å². The van der Waals surface area contributed by atoms with Crippen LogP contribution in [0.15, 0.2) is 12.1 Å². The summed E-state index contributed by atoms with van der Waals surface area (Å²) in [6.45, 7) is 2.26. The third kappa shape index (κ3) is 1.39. The Morgan fingerprint density at radius 1 is 1.56 bits per heavy atom. The van der Waals surface area contributed by atoms with Gasteiger partial charge in [-0.25, -0.2) is 0 Å². The molecule has 1 aromatic carbocycles. The molecule has 0 radical (unpaired) electrons. The molecule has 2 rings (SSSR count). The van der Waals surface area contributed by atoms with Gasteiger partial charge in [-0.1, -0.05) is 0 Å². The van der Waals surface area contributed by atoms with Crippen LogP contribution in [0, 0.1) is 10.1 Å². The van der Waals surface area contributed by atoms with Gasteiger partial charge in [0.25, 0.3) is 0 Å². The molecule has 1 N–H and O–H groups in total. The number of hydrogen-bond donors (Lipinski definition) is 1. The van der Waals surface area contributed by atoms with Crippen LogP contribution in [0.4, 0.5) is 11.4 Å². The summed E-state index contributed by atoms with van der Waals surface area (Å²) in [7, 11) is 0. The number of carbonyl (C=O) groups excluding carboxylic acids is 1. The number of amides is 1. The van der Waals surface area contributed by atoms with Crippen molar-refractivity contribution in [2.45, 2.75) is 13.3 Å². The minimum atomic E-state index is -0.660. The van der Waals surface area contributed by atoms with Gasteiger partial charge in [0.2, 0.25) is 5.91 Å². The second kappa shape index (κ2) is 3.48. The number of phenols is 1. The Labute approximate surface area is 91.3 Å². The van der Waals surface area contributed by atoms with Crippen molar-refractivity contribution in [2.75, 3.05) is 11.4 Å². The number of aromatic hydroxyl groups is 1. The van der Waals surface area contributed by atoms with Crippen LogP contribution in [-0.4, -0.2) is 22.5 Å². The predicted molar refractivity (Wildman–Crippen MR) is 56.5 cm³/mol. The van der Waals surface area contributed by atoms with Crippen LogP contribution in [0.3, 0.4) is 0 Å². The first-order valence-corrected chi connectivity index (χ1v) is 4.85. The lowest BCUT2D eigenvalue weighted by atomic mass is 10.1. The van der Waals surface area contributed by atoms with E-state index in [0.717, 1.165) is 0 Å². The number of nitrogens with zero attached hydrogens (tertiary/aromatic N) is 2. The Hall–Kier alpha value is -2.11. The van der Waals surface area contributed by atoms with Crippen LogP contribution in [0.25, 0.3) is 0 Å². The zero-order valence-corrected chi connectivity index (χ0v) is 8.64. The summed E-state index contributed by atoms with van der Waals surface area (Å²) in [4.78, 5) is 23.0. The Kier molecular flexibility index (Phi) is 2.26. The summed E-state index contributed by atoms with van der Waals surface area (Å²) >= 11 is 0. The van der Waals surface area contributed by atoms with Gasteiger partial charge >= 0.3 is 5.69 Å². The number of rotatable bonds is 2. The molecule has 0 saturated carbocycles. The summed E-state index contributed by atoms with van der Waals surface area (Å²) in [5, 5.41) is 20.1. The summed E-state index contributed by atoms with van der Waals surface area (Å²) < 4.78 is 0. The van der Waals surface area contributed by atoms with Crippen LogP contribution in [0.5, 0.6) is 5.75 Å². The highest BCUT2D eigenvalue weighted by molar-refractivity contribution is 6.02. The van der Waals surface area contributed by atoms with Gasteiger partial charge in [-0.05, 0) is 18.6 Å². The third-order valence-corrected chi connectivity index (χ3v) is 2.62. The topological polar surface area (TPSA) is 83.7 Å². The predicted octanol–water partition coefficient (Wildman–Crippen LogP) is 1.21. The molecule has 1 amide bonds. The number of phenolic OH excluding ortho intramolecular Hbond substituents is 1. The lowest BCUT2D eigenvalue weighted by molar-refractivity contribution is -0.385. The lowest BCUT2D eigenvalue weighted by Crippen LogP contribution is -2.25.